The average molecular weight is 320 g/mol. The molecule has 0 aromatic carbocycles. The van der Waals surface area contributed by atoms with Gasteiger partial charge in [-0.05, 0) is 25.2 Å². The number of amides is 1. The molecule has 128 valence electrons. The number of carbonyl (C=O) groups is 1. The van der Waals surface area contributed by atoms with Crippen molar-refractivity contribution in [1.82, 2.24) is 5.16 Å². The van der Waals surface area contributed by atoms with Gasteiger partial charge in [0.1, 0.15) is 0 Å². The highest BCUT2D eigenvalue weighted by Crippen LogP contribution is 2.32. The van der Waals surface area contributed by atoms with Crippen molar-refractivity contribution in [2.45, 2.75) is 58.3 Å². The zero-order valence-electron chi connectivity index (χ0n) is 14.7. The molecule has 1 aliphatic heterocycles. The number of likely N-dealkylation sites (tertiary alicyclic amines) is 1. The predicted molar refractivity (Wildman–Crippen MR) is 89.5 cm³/mol. The van der Waals surface area contributed by atoms with Gasteiger partial charge in [-0.2, -0.15) is 0 Å². The minimum absolute atomic E-state index is 0.0332. The smallest absolute Gasteiger partial charge is 0.281 e. The fourth-order valence-corrected chi connectivity index (χ4v) is 4.05. The van der Waals surface area contributed by atoms with E-state index in [0.717, 1.165) is 30.6 Å². The summed E-state index contributed by atoms with van der Waals surface area (Å²) in [5.41, 5.74) is 0.795. The van der Waals surface area contributed by atoms with E-state index in [2.05, 4.69) is 31.2 Å². The number of hydrogen-bond donors (Lipinski definition) is 2. The van der Waals surface area contributed by atoms with Gasteiger partial charge in [-0.3, -0.25) is 10.1 Å². The molecule has 2 aliphatic rings. The van der Waals surface area contributed by atoms with Gasteiger partial charge in [0.25, 0.3) is 5.91 Å². The second kappa shape index (κ2) is 6.63. The second-order valence-electron chi connectivity index (χ2n) is 8.35. The van der Waals surface area contributed by atoms with Gasteiger partial charge in [0.05, 0.1) is 18.8 Å². The van der Waals surface area contributed by atoms with Crippen LogP contribution in [0.15, 0.2) is 10.6 Å². The van der Waals surface area contributed by atoms with Crippen molar-refractivity contribution in [3.05, 3.63) is 11.8 Å². The first kappa shape index (κ1) is 16.5. The Morgan fingerprint density at radius 1 is 1.30 bits per heavy atom. The number of aromatic nitrogens is 1. The standard InChI is InChI=1S/C18H29N3O2/c1-18(2,3)15-10-17(23-20-15)19-16(22)12-21-9-8-13-6-4-5-7-14(13)11-21/h10,13-14H,4-9,11-12H2,1-3H3,(H,19,22)/p+1/t13-,14-/m1/s1. The molecule has 1 aromatic heterocycles. The van der Waals surface area contributed by atoms with Crippen molar-refractivity contribution in [3.63, 3.8) is 0 Å². The molecule has 23 heavy (non-hydrogen) atoms. The molecule has 5 heteroatoms. The number of nitrogens with one attached hydrogen (secondary N) is 2. The molecule has 0 bridgehead atoms. The minimum atomic E-state index is -0.0689. The zero-order chi connectivity index (χ0) is 16.4. The fourth-order valence-electron chi connectivity index (χ4n) is 4.05. The van der Waals surface area contributed by atoms with Crippen LogP contribution in [0.3, 0.4) is 0 Å². The SMILES string of the molecule is CC(C)(C)c1cc(NC(=O)C[NH+]2CC[C@H]3CCCC[C@@H]3C2)on1. The molecule has 1 amide bonds. The molecular weight excluding hydrogens is 290 g/mol. The van der Waals surface area contributed by atoms with E-state index in [1.807, 2.05) is 6.07 Å². The highest BCUT2D eigenvalue weighted by Gasteiger charge is 2.34. The van der Waals surface area contributed by atoms with E-state index in [9.17, 15) is 4.79 Å². The van der Waals surface area contributed by atoms with E-state index in [4.69, 9.17) is 4.52 Å². The van der Waals surface area contributed by atoms with Crippen LogP contribution in [0.2, 0.25) is 0 Å². The Hall–Kier alpha value is -1.36. The van der Waals surface area contributed by atoms with Crippen LogP contribution in [0.4, 0.5) is 5.88 Å². The van der Waals surface area contributed by atoms with Crippen LogP contribution in [0.1, 0.15) is 58.6 Å². The normalized spacial score (nSPS) is 28.2. The lowest BCUT2D eigenvalue weighted by Crippen LogP contribution is -3.15. The molecular formula is C18H30N3O2+. The summed E-state index contributed by atoms with van der Waals surface area (Å²) in [6, 6.07) is 1.83. The summed E-state index contributed by atoms with van der Waals surface area (Å²) in [4.78, 5) is 13.7. The Bertz CT molecular complexity index is 547. The first-order valence-electron chi connectivity index (χ1n) is 9.02. The van der Waals surface area contributed by atoms with Gasteiger partial charge in [-0.1, -0.05) is 38.8 Å². The number of quaternary nitrogens is 1. The minimum Gasteiger partial charge on any atom is -0.338 e. The summed E-state index contributed by atoms with van der Waals surface area (Å²) in [5, 5.41) is 6.91. The Morgan fingerprint density at radius 2 is 2.04 bits per heavy atom. The van der Waals surface area contributed by atoms with Gasteiger partial charge < -0.3 is 9.42 Å². The maximum Gasteiger partial charge on any atom is 0.281 e. The Labute approximate surface area is 138 Å². The molecule has 3 atom stereocenters. The molecule has 5 nitrogen and oxygen atoms in total. The number of fused-ring (bicyclic) bond motifs is 1. The highest BCUT2D eigenvalue weighted by molar-refractivity contribution is 5.90. The van der Waals surface area contributed by atoms with E-state index in [1.165, 1.54) is 37.0 Å². The Balaban J connectivity index is 1.50. The van der Waals surface area contributed by atoms with Crippen molar-refractivity contribution in [2.75, 3.05) is 25.0 Å². The van der Waals surface area contributed by atoms with E-state index >= 15 is 0 Å². The number of anilines is 1. The third-order valence-corrected chi connectivity index (χ3v) is 5.44. The molecule has 1 unspecified atom stereocenters. The second-order valence-corrected chi connectivity index (χ2v) is 8.35. The van der Waals surface area contributed by atoms with E-state index in [-0.39, 0.29) is 11.3 Å². The number of hydrogen-bond acceptors (Lipinski definition) is 3. The lowest BCUT2D eigenvalue weighted by atomic mass is 9.75. The quantitative estimate of drug-likeness (QED) is 0.895. The Kier molecular flexibility index (Phi) is 4.76. The summed E-state index contributed by atoms with van der Waals surface area (Å²) < 4.78 is 5.25. The monoisotopic (exact) mass is 320 g/mol. The number of carbonyl (C=O) groups excluding carboxylic acids is 1. The summed E-state index contributed by atoms with van der Waals surface area (Å²) >= 11 is 0. The molecule has 3 rings (SSSR count). The van der Waals surface area contributed by atoms with Gasteiger partial charge >= 0.3 is 0 Å². The van der Waals surface area contributed by atoms with Gasteiger partial charge in [-0.15, -0.1) is 0 Å². The molecule has 0 radical (unpaired) electrons. The summed E-state index contributed by atoms with van der Waals surface area (Å²) in [5.74, 6) is 2.25. The van der Waals surface area contributed by atoms with Gasteiger partial charge in [0.2, 0.25) is 5.88 Å². The predicted octanol–water partition coefficient (Wildman–Crippen LogP) is 2.01. The van der Waals surface area contributed by atoms with Gasteiger partial charge in [0, 0.05) is 17.4 Å². The van der Waals surface area contributed by atoms with Crippen molar-refractivity contribution in [2.24, 2.45) is 11.8 Å². The topological polar surface area (TPSA) is 59.6 Å². The summed E-state index contributed by atoms with van der Waals surface area (Å²) in [6.07, 6.45) is 6.81. The molecule has 1 aliphatic carbocycles. The van der Waals surface area contributed by atoms with E-state index in [0.29, 0.717) is 12.4 Å². The van der Waals surface area contributed by atoms with Crippen LogP contribution < -0.4 is 10.2 Å². The first-order valence-corrected chi connectivity index (χ1v) is 9.02. The number of rotatable bonds is 3. The van der Waals surface area contributed by atoms with Crippen LogP contribution in [-0.4, -0.2) is 30.7 Å². The molecule has 1 saturated carbocycles. The largest absolute Gasteiger partial charge is 0.338 e. The zero-order valence-corrected chi connectivity index (χ0v) is 14.7. The average Bonchev–Trinajstić information content (AvgIpc) is 2.95. The molecule has 1 aromatic rings. The summed E-state index contributed by atoms with van der Waals surface area (Å²) in [7, 11) is 0. The number of piperidine rings is 1. The fraction of sp³-hybridized carbons (Fsp3) is 0.778. The van der Waals surface area contributed by atoms with Crippen LogP contribution in [0.25, 0.3) is 0 Å². The van der Waals surface area contributed by atoms with E-state index < -0.39 is 0 Å². The molecule has 2 N–H and O–H groups in total. The van der Waals surface area contributed by atoms with Crippen LogP contribution >= 0.6 is 0 Å². The number of nitrogens with zero attached hydrogens (tertiary/aromatic N) is 1. The molecule has 2 fully saturated rings. The van der Waals surface area contributed by atoms with Crippen molar-refractivity contribution in [3.8, 4) is 0 Å². The van der Waals surface area contributed by atoms with Crippen molar-refractivity contribution >= 4 is 11.8 Å². The third-order valence-electron chi connectivity index (χ3n) is 5.44. The maximum atomic E-state index is 12.3. The summed E-state index contributed by atoms with van der Waals surface area (Å²) in [6.45, 7) is 9.05. The van der Waals surface area contributed by atoms with Gasteiger partial charge in [-0.25, -0.2) is 0 Å². The van der Waals surface area contributed by atoms with Crippen LogP contribution in [0, 0.1) is 11.8 Å². The maximum absolute atomic E-state index is 12.3. The third kappa shape index (κ3) is 4.14. The highest BCUT2D eigenvalue weighted by atomic mass is 16.5. The Morgan fingerprint density at radius 3 is 2.74 bits per heavy atom. The van der Waals surface area contributed by atoms with Crippen molar-refractivity contribution < 1.29 is 14.2 Å². The van der Waals surface area contributed by atoms with Crippen LogP contribution in [0.5, 0.6) is 0 Å². The van der Waals surface area contributed by atoms with Crippen molar-refractivity contribution in [1.29, 1.82) is 0 Å². The van der Waals surface area contributed by atoms with Gasteiger partial charge in [0.15, 0.2) is 6.54 Å². The van der Waals surface area contributed by atoms with E-state index in [1.54, 1.807) is 0 Å². The lowest BCUT2D eigenvalue weighted by Gasteiger charge is -2.38. The lowest BCUT2D eigenvalue weighted by molar-refractivity contribution is -0.902. The molecule has 0 spiro atoms. The molecule has 1 saturated heterocycles. The first-order chi connectivity index (χ1) is 10.9. The molecule has 2 heterocycles. The van der Waals surface area contributed by atoms with Crippen LogP contribution in [-0.2, 0) is 10.2 Å².